The molecule has 0 bridgehead atoms. The van der Waals surface area contributed by atoms with Crippen molar-refractivity contribution in [3.63, 3.8) is 0 Å². The number of rotatable bonds is 8. The minimum absolute atomic E-state index is 0.179. The van der Waals surface area contributed by atoms with Crippen molar-refractivity contribution < 1.29 is 19.1 Å². The van der Waals surface area contributed by atoms with E-state index in [-0.39, 0.29) is 18.5 Å². The van der Waals surface area contributed by atoms with Crippen molar-refractivity contribution in [2.45, 2.75) is 11.3 Å². The third-order valence-corrected chi connectivity index (χ3v) is 4.50. The number of anilines is 1. The molecule has 0 N–H and O–H groups in total. The second kappa shape index (κ2) is 10.2. The van der Waals surface area contributed by atoms with Gasteiger partial charge < -0.3 is 14.4 Å². The summed E-state index contributed by atoms with van der Waals surface area (Å²) in [7, 11) is 1.47. The molecule has 0 aromatic heterocycles. The van der Waals surface area contributed by atoms with Gasteiger partial charge in [-0.05, 0) is 36.6 Å². The number of methoxy groups -OCH3 is 1. The second-order valence-corrected chi connectivity index (χ2v) is 6.31. The van der Waals surface area contributed by atoms with E-state index < -0.39 is 18.5 Å². The number of esters is 1. The first-order valence-electron chi connectivity index (χ1n) is 8.22. The zero-order valence-electron chi connectivity index (χ0n) is 15.2. The summed E-state index contributed by atoms with van der Waals surface area (Å²) < 4.78 is 10.4. The number of nitriles is 1. The Hall–Kier alpha value is -2.98. The van der Waals surface area contributed by atoms with Crippen LogP contribution in [0.1, 0.15) is 16.8 Å². The van der Waals surface area contributed by atoms with Crippen LogP contribution in [-0.4, -0.2) is 38.4 Å². The molecule has 0 aliphatic heterocycles. The van der Waals surface area contributed by atoms with Gasteiger partial charge in [-0.1, -0.05) is 18.2 Å². The number of carbonyl (C=O) groups is 2. The molecule has 0 atom stereocenters. The minimum atomic E-state index is -0.638. The molecule has 2 rings (SSSR count). The maximum atomic E-state index is 12.5. The molecule has 0 spiro atoms. The largest absolute Gasteiger partial charge is 0.496 e. The molecule has 0 aliphatic carbocycles. The molecule has 27 heavy (non-hydrogen) atoms. The summed E-state index contributed by atoms with van der Waals surface area (Å²) in [5.74, 6) is -0.644. The van der Waals surface area contributed by atoms with Gasteiger partial charge in [0.05, 0.1) is 19.6 Å². The van der Waals surface area contributed by atoms with Crippen LogP contribution < -0.4 is 9.64 Å². The average molecular weight is 384 g/mol. The molecule has 0 aliphatic rings. The average Bonchev–Trinajstić information content (AvgIpc) is 2.72. The standard InChI is InChI=1S/C20H20N2O4S/c1-25-18-13-16(27-2)9-10-17(18)20(24)26-14-19(23)22(12-6-11-21)15-7-4-3-5-8-15/h3-5,7-10,13H,6,12,14H2,1-2H3. The summed E-state index contributed by atoms with van der Waals surface area (Å²) in [6, 6.07) is 16.1. The van der Waals surface area contributed by atoms with Crippen LogP contribution in [0.2, 0.25) is 0 Å². The van der Waals surface area contributed by atoms with Crippen molar-refractivity contribution in [3.05, 3.63) is 54.1 Å². The van der Waals surface area contributed by atoms with Gasteiger partial charge in [-0.25, -0.2) is 4.79 Å². The molecular formula is C20H20N2O4S. The monoisotopic (exact) mass is 384 g/mol. The molecule has 6 nitrogen and oxygen atoms in total. The van der Waals surface area contributed by atoms with Crippen molar-refractivity contribution >= 4 is 29.3 Å². The molecule has 2 aromatic rings. The number of carbonyl (C=O) groups excluding carboxylic acids is 2. The zero-order chi connectivity index (χ0) is 19.6. The number of amides is 1. The number of hydrogen-bond donors (Lipinski definition) is 0. The van der Waals surface area contributed by atoms with E-state index >= 15 is 0 Å². The third-order valence-electron chi connectivity index (χ3n) is 3.77. The lowest BCUT2D eigenvalue weighted by molar-refractivity contribution is -0.121. The fourth-order valence-electron chi connectivity index (χ4n) is 2.42. The van der Waals surface area contributed by atoms with Gasteiger partial charge in [0.2, 0.25) is 0 Å². The van der Waals surface area contributed by atoms with Gasteiger partial charge in [-0.15, -0.1) is 11.8 Å². The summed E-state index contributed by atoms with van der Waals surface area (Å²) in [6.07, 6.45) is 2.10. The second-order valence-electron chi connectivity index (χ2n) is 5.43. The van der Waals surface area contributed by atoms with Crippen molar-refractivity contribution in [2.24, 2.45) is 0 Å². The fourth-order valence-corrected chi connectivity index (χ4v) is 2.85. The Kier molecular flexibility index (Phi) is 7.71. The van der Waals surface area contributed by atoms with Crippen LogP contribution in [0.4, 0.5) is 5.69 Å². The molecule has 140 valence electrons. The topological polar surface area (TPSA) is 79.6 Å². The molecule has 0 saturated carbocycles. The summed E-state index contributed by atoms with van der Waals surface area (Å²) in [5.41, 5.74) is 0.905. The quantitative estimate of drug-likeness (QED) is 0.512. The summed E-state index contributed by atoms with van der Waals surface area (Å²) in [4.78, 5) is 27.3. The molecule has 0 saturated heterocycles. The highest BCUT2D eigenvalue weighted by atomic mass is 32.2. The summed E-state index contributed by atoms with van der Waals surface area (Å²) in [6.45, 7) is -0.199. The Labute approximate surface area is 162 Å². The number of benzene rings is 2. The van der Waals surface area contributed by atoms with Crippen LogP contribution in [0.25, 0.3) is 0 Å². The normalized spacial score (nSPS) is 9.96. The van der Waals surface area contributed by atoms with Crippen LogP contribution in [0.3, 0.4) is 0 Å². The fraction of sp³-hybridized carbons (Fsp3) is 0.250. The predicted octanol–water partition coefficient (Wildman–Crippen LogP) is 3.52. The number of hydrogen-bond acceptors (Lipinski definition) is 6. The first-order valence-corrected chi connectivity index (χ1v) is 9.44. The van der Waals surface area contributed by atoms with Gasteiger partial charge in [0.1, 0.15) is 11.3 Å². The molecule has 0 fully saturated rings. The Balaban J connectivity index is 2.08. The van der Waals surface area contributed by atoms with Crippen LogP contribution in [0.5, 0.6) is 5.75 Å². The molecule has 0 unspecified atom stereocenters. The molecule has 7 heteroatoms. The highest BCUT2D eigenvalue weighted by molar-refractivity contribution is 7.98. The van der Waals surface area contributed by atoms with Crippen LogP contribution >= 0.6 is 11.8 Å². The Morgan fingerprint density at radius 2 is 1.93 bits per heavy atom. The molecule has 0 radical (unpaired) electrons. The van der Waals surface area contributed by atoms with Crippen molar-refractivity contribution in [2.75, 3.05) is 31.4 Å². The maximum Gasteiger partial charge on any atom is 0.342 e. The Morgan fingerprint density at radius 1 is 1.19 bits per heavy atom. The van der Waals surface area contributed by atoms with Gasteiger partial charge in [0, 0.05) is 17.1 Å². The summed E-state index contributed by atoms with van der Waals surface area (Å²) >= 11 is 1.53. The van der Waals surface area contributed by atoms with Crippen molar-refractivity contribution in [1.29, 1.82) is 5.26 Å². The van der Waals surface area contributed by atoms with Crippen molar-refractivity contribution in [1.82, 2.24) is 0 Å². The lowest BCUT2D eigenvalue weighted by Crippen LogP contribution is -2.35. The van der Waals surface area contributed by atoms with E-state index in [0.717, 1.165) is 4.90 Å². The van der Waals surface area contributed by atoms with E-state index in [1.165, 1.54) is 23.8 Å². The van der Waals surface area contributed by atoms with E-state index in [1.807, 2.05) is 18.4 Å². The van der Waals surface area contributed by atoms with E-state index in [4.69, 9.17) is 14.7 Å². The van der Waals surface area contributed by atoms with Gasteiger partial charge in [0.15, 0.2) is 6.61 Å². The predicted molar refractivity (Wildman–Crippen MR) is 104 cm³/mol. The number of thioether (sulfide) groups is 1. The third kappa shape index (κ3) is 5.50. The maximum absolute atomic E-state index is 12.5. The summed E-state index contributed by atoms with van der Waals surface area (Å²) in [5, 5.41) is 8.82. The minimum Gasteiger partial charge on any atom is -0.496 e. The van der Waals surface area contributed by atoms with Gasteiger partial charge in [-0.2, -0.15) is 5.26 Å². The molecule has 1 amide bonds. The number of nitrogens with zero attached hydrogens (tertiary/aromatic N) is 2. The Bertz CT molecular complexity index is 834. The van der Waals surface area contributed by atoms with Crippen LogP contribution in [0.15, 0.2) is 53.4 Å². The highest BCUT2D eigenvalue weighted by Crippen LogP contribution is 2.26. The van der Waals surface area contributed by atoms with Gasteiger partial charge in [-0.3, -0.25) is 4.79 Å². The first-order chi connectivity index (χ1) is 13.1. The van der Waals surface area contributed by atoms with Crippen LogP contribution in [0, 0.1) is 11.3 Å². The Morgan fingerprint density at radius 3 is 2.56 bits per heavy atom. The zero-order valence-corrected chi connectivity index (χ0v) is 16.0. The lowest BCUT2D eigenvalue weighted by Gasteiger charge is -2.21. The van der Waals surface area contributed by atoms with Gasteiger partial charge in [0.25, 0.3) is 5.91 Å². The number of ether oxygens (including phenoxy) is 2. The van der Waals surface area contributed by atoms with E-state index in [0.29, 0.717) is 11.4 Å². The molecular weight excluding hydrogens is 364 g/mol. The first kappa shape index (κ1) is 20.3. The van der Waals surface area contributed by atoms with Crippen molar-refractivity contribution in [3.8, 4) is 11.8 Å². The SMILES string of the molecule is COc1cc(SC)ccc1C(=O)OCC(=O)N(CCC#N)c1ccccc1. The number of para-hydroxylation sites is 1. The van der Waals surface area contributed by atoms with E-state index in [1.54, 1.807) is 42.5 Å². The van der Waals surface area contributed by atoms with E-state index in [2.05, 4.69) is 0 Å². The lowest BCUT2D eigenvalue weighted by atomic mass is 10.2. The molecule has 2 aromatic carbocycles. The van der Waals surface area contributed by atoms with Gasteiger partial charge >= 0.3 is 5.97 Å². The molecule has 0 heterocycles. The van der Waals surface area contributed by atoms with Crippen LogP contribution in [-0.2, 0) is 9.53 Å². The smallest absolute Gasteiger partial charge is 0.342 e. The highest BCUT2D eigenvalue weighted by Gasteiger charge is 2.20. The van der Waals surface area contributed by atoms with E-state index in [9.17, 15) is 9.59 Å².